The first kappa shape index (κ1) is 18.2. The van der Waals surface area contributed by atoms with Crippen molar-refractivity contribution in [3.05, 3.63) is 20.8 Å². The summed E-state index contributed by atoms with van der Waals surface area (Å²) in [6, 6.07) is 0. The minimum absolute atomic E-state index is 0.149. The van der Waals surface area contributed by atoms with E-state index < -0.39 is 11.2 Å². The van der Waals surface area contributed by atoms with Gasteiger partial charge in [-0.05, 0) is 24.6 Å². The molecule has 0 amide bonds. The number of hydrogen-bond acceptors (Lipinski definition) is 4. The van der Waals surface area contributed by atoms with Gasteiger partial charge in [-0.25, -0.2) is 4.79 Å². The predicted molar refractivity (Wildman–Crippen MR) is 94.5 cm³/mol. The Bertz CT molecular complexity index is 635. The van der Waals surface area contributed by atoms with Gasteiger partial charge in [-0.1, -0.05) is 27.2 Å². The number of thiocarbonyl (C=S) groups is 1. The second kappa shape index (κ2) is 7.98. The molecule has 124 valence electrons. The van der Waals surface area contributed by atoms with Crippen molar-refractivity contribution >= 4 is 28.8 Å². The first-order valence-electron chi connectivity index (χ1n) is 7.45. The predicted octanol–water partition coefficient (Wildman–Crippen LogP) is 0.886. The van der Waals surface area contributed by atoms with Crippen LogP contribution in [0.1, 0.15) is 33.6 Å². The van der Waals surface area contributed by atoms with E-state index in [1.54, 1.807) is 11.9 Å². The summed E-state index contributed by atoms with van der Waals surface area (Å²) in [5, 5.41) is 3.27. The lowest BCUT2D eigenvalue weighted by atomic mass is 10.2. The van der Waals surface area contributed by atoms with Crippen molar-refractivity contribution in [1.82, 2.24) is 14.9 Å². The van der Waals surface area contributed by atoms with E-state index in [0.717, 1.165) is 12.8 Å². The van der Waals surface area contributed by atoms with Gasteiger partial charge in [0, 0.05) is 20.1 Å². The Morgan fingerprint density at radius 1 is 1.45 bits per heavy atom. The number of unbranched alkanes of at least 4 members (excludes halogenated alkanes) is 1. The normalized spacial score (nSPS) is 10.8. The highest BCUT2D eigenvalue weighted by molar-refractivity contribution is 7.80. The molecule has 0 aromatic carbocycles. The van der Waals surface area contributed by atoms with E-state index in [2.05, 4.69) is 10.3 Å². The maximum Gasteiger partial charge on any atom is 0.330 e. The van der Waals surface area contributed by atoms with Gasteiger partial charge < -0.3 is 16.0 Å². The smallest absolute Gasteiger partial charge is 0.330 e. The molecule has 1 aromatic rings. The van der Waals surface area contributed by atoms with Crippen molar-refractivity contribution in [3.8, 4) is 0 Å². The molecule has 0 aliphatic carbocycles. The molecule has 1 rings (SSSR count). The van der Waals surface area contributed by atoms with Crippen LogP contribution in [-0.4, -0.2) is 28.3 Å². The van der Waals surface area contributed by atoms with E-state index in [1.165, 1.54) is 4.57 Å². The third kappa shape index (κ3) is 4.09. The lowest BCUT2D eigenvalue weighted by molar-refractivity contribution is 0.507. The summed E-state index contributed by atoms with van der Waals surface area (Å²) >= 11 is 5.27. The fraction of sp³-hybridized carbons (Fsp3) is 0.643. The Hall–Kier alpha value is -1.83. The topological polar surface area (TPSA) is 96.2 Å². The van der Waals surface area contributed by atoms with Gasteiger partial charge in [0.05, 0.1) is 0 Å². The van der Waals surface area contributed by atoms with Crippen LogP contribution in [0.2, 0.25) is 0 Å². The zero-order chi connectivity index (χ0) is 16.9. The first-order valence-corrected chi connectivity index (χ1v) is 7.86. The molecule has 1 aromatic heterocycles. The Labute approximate surface area is 135 Å². The van der Waals surface area contributed by atoms with Crippen LogP contribution in [0, 0.1) is 5.92 Å². The van der Waals surface area contributed by atoms with Crippen LogP contribution in [0.15, 0.2) is 9.59 Å². The molecule has 0 saturated carbocycles. The number of rotatable bonds is 6. The number of nitrogen functional groups attached to an aromatic ring is 1. The number of anilines is 2. The molecule has 0 aliphatic heterocycles. The molecule has 0 spiro atoms. The Morgan fingerprint density at radius 3 is 2.59 bits per heavy atom. The van der Waals surface area contributed by atoms with Crippen molar-refractivity contribution in [1.29, 1.82) is 0 Å². The average molecular weight is 327 g/mol. The Kier molecular flexibility index (Phi) is 6.61. The van der Waals surface area contributed by atoms with Crippen LogP contribution in [0.5, 0.6) is 0 Å². The maximum atomic E-state index is 12.2. The van der Waals surface area contributed by atoms with E-state index in [9.17, 15) is 9.59 Å². The highest BCUT2D eigenvalue weighted by Gasteiger charge is 2.21. The number of aromatic amines is 1. The van der Waals surface area contributed by atoms with Gasteiger partial charge in [0.1, 0.15) is 5.82 Å². The highest BCUT2D eigenvalue weighted by atomic mass is 32.1. The molecule has 8 heteroatoms. The SMILES string of the molecule is CCCCN(C(=S)NC)c1c(N)n(CC(C)C)c(=O)[nH]c1=O. The van der Waals surface area contributed by atoms with Gasteiger partial charge in [-0.2, -0.15) is 0 Å². The Morgan fingerprint density at radius 2 is 2.09 bits per heavy atom. The molecule has 0 unspecified atom stereocenters. The summed E-state index contributed by atoms with van der Waals surface area (Å²) < 4.78 is 1.39. The molecule has 1 heterocycles. The summed E-state index contributed by atoms with van der Waals surface area (Å²) in [5.41, 5.74) is 5.33. The quantitative estimate of drug-likeness (QED) is 0.672. The van der Waals surface area contributed by atoms with Crippen molar-refractivity contribution in [3.63, 3.8) is 0 Å². The van der Waals surface area contributed by atoms with Crippen LogP contribution in [-0.2, 0) is 6.54 Å². The molecule has 0 atom stereocenters. The van der Waals surface area contributed by atoms with Gasteiger partial charge in [0.25, 0.3) is 5.56 Å². The van der Waals surface area contributed by atoms with E-state index in [0.29, 0.717) is 18.2 Å². The average Bonchev–Trinajstić information content (AvgIpc) is 2.45. The first-order chi connectivity index (χ1) is 10.3. The number of H-pyrrole nitrogens is 1. The summed E-state index contributed by atoms with van der Waals surface area (Å²) in [6.07, 6.45) is 1.80. The van der Waals surface area contributed by atoms with Gasteiger partial charge in [-0.3, -0.25) is 14.3 Å². The number of nitrogens with two attached hydrogens (primary N) is 1. The molecule has 0 fully saturated rings. The summed E-state index contributed by atoms with van der Waals surface area (Å²) in [5.74, 6) is 0.371. The second-order valence-corrected chi connectivity index (χ2v) is 5.94. The minimum Gasteiger partial charge on any atom is -0.383 e. The summed E-state index contributed by atoms with van der Waals surface area (Å²) in [4.78, 5) is 28.2. The van der Waals surface area contributed by atoms with Crippen LogP contribution in [0.25, 0.3) is 0 Å². The molecule has 4 N–H and O–H groups in total. The number of nitrogens with one attached hydrogen (secondary N) is 2. The summed E-state index contributed by atoms with van der Waals surface area (Å²) in [7, 11) is 1.69. The highest BCUT2D eigenvalue weighted by Crippen LogP contribution is 2.18. The zero-order valence-electron chi connectivity index (χ0n) is 13.6. The van der Waals surface area contributed by atoms with E-state index in [1.807, 2.05) is 20.8 Å². The molecule has 0 radical (unpaired) electrons. The number of hydrogen-bond donors (Lipinski definition) is 3. The molecular weight excluding hydrogens is 302 g/mol. The van der Waals surface area contributed by atoms with E-state index in [-0.39, 0.29) is 17.4 Å². The second-order valence-electron chi connectivity index (χ2n) is 5.56. The van der Waals surface area contributed by atoms with Gasteiger partial charge >= 0.3 is 5.69 Å². The lowest BCUT2D eigenvalue weighted by Gasteiger charge is -2.26. The fourth-order valence-corrected chi connectivity index (χ4v) is 2.33. The lowest BCUT2D eigenvalue weighted by Crippen LogP contribution is -2.45. The van der Waals surface area contributed by atoms with Crippen molar-refractivity contribution < 1.29 is 0 Å². The molecule has 0 saturated heterocycles. The van der Waals surface area contributed by atoms with Crippen LogP contribution in [0.4, 0.5) is 11.5 Å². The molecule has 7 nitrogen and oxygen atoms in total. The molecular formula is C14H25N5O2S. The number of aromatic nitrogens is 2. The van der Waals surface area contributed by atoms with E-state index in [4.69, 9.17) is 18.0 Å². The van der Waals surface area contributed by atoms with Crippen LogP contribution < -0.4 is 27.2 Å². The van der Waals surface area contributed by atoms with Crippen molar-refractivity contribution in [2.24, 2.45) is 5.92 Å². The monoisotopic (exact) mass is 327 g/mol. The minimum atomic E-state index is -0.517. The molecule has 0 aliphatic rings. The van der Waals surface area contributed by atoms with Gasteiger partial charge in [0.2, 0.25) is 0 Å². The zero-order valence-corrected chi connectivity index (χ0v) is 14.4. The maximum absolute atomic E-state index is 12.2. The van der Waals surface area contributed by atoms with Gasteiger partial charge in [-0.15, -0.1) is 0 Å². The van der Waals surface area contributed by atoms with Crippen molar-refractivity contribution in [2.75, 3.05) is 24.2 Å². The third-order valence-electron chi connectivity index (χ3n) is 3.23. The molecule has 22 heavy (non-hydrogen) atoms. The van der Waals surface area contributed by atoms with Gasteiger partial charge in [0.15, 0.2) is 10.8 Å². The van der Waals surface area contributed by atoms with Crippen LogP contribution >= 0.6 is 12.2 Å². The Balaban J connectivity index is 3.45. The molecule has 0 bridgehead atoms. The third-order valence-corrected chi connectivity index (χ3v) is 3.65. The van der Waals surface area contributed by atoms with E-state index >= 15 is 0 Å². The fourth-order valence-electron chi connectivity index (χ4n) is 2.15. The van der Waals surface area contributed by atoms with Crippen LogP contribution in [0.3, 0.4) is 0 Å². The largest absolute Gasteiger partial charge is 0.383 e. The standard InChI is InChI=1S/C14H25N5O2S/c1-5-6-7-18(14(22)16-4)10-11(15)19(8-9(2)3)13(21)17-12(10)20/h9H,5-8,15H2,1-4H3,(H,16,22)(H,17,20,21). The summed E-state index contributed by atoms with van der Waals surface area (Å²) in [6.45, 7) is 6.99. The van der Waals surface area contributed by atoms with Crippen molar-refractivity contribution in [2.45, 2.75) is 40.2 Å². The number of nitrogens with zero attached hydrogens (tertiary/aromatic N) is 2.